The van der Waals surface area contributed by atoms with Gasteiger partial charge in [-0.2, -0.15) is 0 Å². The van der Waals surface area contributed by atoms with E-state index in [4.69, 9.17) is 9.47 Å². The maximum absolute atomic E-state index is 13.4. The highest BCUT2D eigenvalue weighted by atomic mass is 16.5. The van der Waals surface area contributed by atoms with E-state index in [-0.39, 0.29) is 44.4 Å². The summed E-state index contributed by atoms with van der Waals surface area (Å²) in [4.78, 5) is 42.4. The normalized spacial score (nSPS) is 20.4. The molecule has 2 amide bonds. The van der Waals surface area contributed by atoms with Gasteiger partial charge in [-0.15, -0.1) is 0 Å². The summed E-state index contributed by atoms with van der Waals surface area (Å²) in [6.07, 6.45) is 0.342. The third-order valence-corrected chi connectivity index (χ3v) is 5.43. The maximum Gasteiger partial charge on any atom is 0.354 e. The van der Waals surface area contributed by atoms with Crippen molar-refractivity contribution in [3.05, 3.63) is 65.7 Å². The Labute approximate surface area is 168 Å². The monoisotopic (exact) mass is 394 g/mol. The van der Waals surface area contributed by atoms with Crippen molar-refractivity contribution in [3.8, 4) is 0 Å². The van der Waals surface area contributed by atoms with Crippen molar-refractivity contribution in [3.63, 3.8) is 0 Å². The van der Waals surface area contributed by atoms with Gasteiger partial charge in [0.05, 0.1) is 17.9 Å². The molecule has 0 bridgehead atoms. The van der Waals surface area contributed by atoms with Crippen molar-refractivity contribution in [1.29, 1.82) is 0 Å². The van der Waals surface area contributed by atoms with Crippen LogP contribution in [0.4, 0.5) is 5.69 Å². The van der Waals surface area contributed by atoms with Gasteiger partial charge in [-0.25, -0.2) is 4.79 Å². The van der Waals surface area contributed by atoms with Gasteiger partial charge >= 0.3 is 5.97 Å². The SMILES string of the molecule is COCCN1C(=O)c2ccccc2N2C(=O)CC[C@@]12C(=O)OCc1ccccc1. The molecular formula is C22H22N2O5. The summed E-state index contributed by atoms with van der Waals surface area (Å²) in [5, 5.41) is 0. The van der Waals surface area contributed by atoms with Crippen molar-refractivity contribution in [2.75, 3.05) is 25.2 Å². The zero-order valence-electron chi connectivity index (χ0n) is 16.2. The fraction of sp³-hybridized carbons (Fsp3) is 0.318. The predicted octanol–water partition coefficient (Wildman–Crippen LogP) is 2.36. The summed E-state index contributed by atoms with van der Waals surface area (Å²) in [5.41, 5.74) is 0.185. The zero-order valence-corrected chi connectivity index (χ0v) is 16.2. The topological polar surface area (TPSA) is 76.2 Å². The van der Waals surface area contributed by atoms with Crippen LogP contribution in [0.25, 0.3) is 0 Å². The molecule has 2 heterocycles. The number of anilines is 1. The van der Waals surface area contributed by atoms with Crippen molar-refractivity contribution in [1.82, 2.24) is 4.90 Å². The van der Waals surface area contributed by atoms with Crippen molar-refractivity contribution in [2.24, 2.45) is 0 Å². The van der Waals surface area contributed by atoms with E-state index >= 15 is 0 Å². The molecule has 0 spiro atoms. The molecule has 0 aliphatic carbocycles. The number of carbonyl (C=O) groups excluding carboxylic acids is 3. The number of para-hydroxylation sites is 1. The number of amides is 2. The Morgan fingerprint density at radius 3 is 2.55 bits per heavy atom. The first kappa shape index (κ1) is 19.1. The highest BCUT2D eigenvalue weighted by molar-refractivity contribution is 6.15. The van der Waals surface area contributed by atoms with Crippen LogP contribution in [0.2, 0.25) is 0 Å². The van der Waals surface area contributed by atoms with Crippen molar-refractivity contribution < 1.29 is 23.9 Å². The second-order valence-corrected chi connectivity index (χ2v) is 7.07. The highest BCUT2D eigenvalue weighted by Crippen LogP contribution is 2.45. The van der Waals surface area contributed by atoms with E-state index in [1.54, 1.807) is 24.3 Å². The lowest BCUT2D eigenvalue weighted by Gasteiger charge is -2.48. The molecule has 7 nitrogen and oxygen atoms in total. The lowest BCUT2D eigenvalue weighted by Crippen LogP contribution is -2.68. The lowest BCUT2D eigenvalue weighted by atomic mass is 9.96. The molecule has 1 atom stereocenters. The molecule has 0 saturated carbocycles. The molecule has 0 radical (unpaired) electrons. The molecule has 0 aromatic heterocycles. The number of carbonyl (C=O) groups is 3. The number of ether oxygens (including phenoxy) is 2. The highest BCUT2D eigenvalue weighted by Gasteiger charge is 2.61. The molecule has 2 aromatic carbocycles. The first-order valence-corrected chi connectivity index (χ1v) is 9.54. The van der Waals surface area contributed by atoms with Crippen LogP contribution in [0.5, 0.6) is 0 Å². The molecule has 2 aliphatic rings. The Kier molecular flexibility index (Phi) is 5.07. The van der Waals surface area contributed by atoms with Gasteiger partial charge in [0.15, 0.2) is 0 Å². The molecule has 1 saturated heterocycles. The number of rotatable bonds is 6. The average Bonchev–Trinajstić information content (AvgIpc) is 3.11. The molecule has 0 N–H and O–H groups in total. The van der Waals surface area contributed by atoms with E-state index in [1.165, 1.54) is 16.9 Å². The summed E-state index contributed by atoms with van der Waals surface area (Å²) in [6.45, 7) is 0.481. The third kappa shape index (κ3) is 3.07. The van der Waals surface area contributed by atoms with Crippen LogP contribution >= 0.6 is 0 Å². The summed E-state index contributed by atoms with van der Waals surface area (Å²) in [6, 6.07) is 16.2. The second-order valence-electron chi connectivity index (χ2n) is 7.07. The third-order valence-electron chi connectivity index (χ3n) is 5.43. The van der Waals surface area contributed by atoms with Gasteiger partial charge in [0, 0.05) is 26.5 Å². The summed E-state index contributed by atoms with van der Waals surface area (Å²) in [5.74, 6) is -1.12. The van der Waals surface area contributed by atoms with Crippen molar-refractivity contribution in [2.45, 2.75) is 25.1 Å². The van der Waals surface area contributed by atoms with Crippen LogP contribution < -0.4 is 4.90 Å². The zero-order chi connectivity index (χ0) is 20.4. The van der Waals surface area contributed by atoms with Gasteiger partial charge in [-0.05, 0) is 17.7 Å². The number of methoxy groups -OCH3 is 1. The summed E-state index contributed by atoms with van der Waals surface area (Å²) >= 11 is 0. The Balaban J connectivity index is 1.75. The van der Waals surface area contributed by atoms with E-state index < -0.39 is 11.6 Å². The molecule has 7 heteroatoms. The Morgan fingerprint density at radius 2 is 1.79 bits per heavy atom. The van der Waals surface area contributed by atoms with E-state index in [9.17, 15) is 14.4 Å². The van der Waals surface area contributed by atoms with Gasteiger partial charge in [-0.1, -0.05) is 42.5 Å². The first-order valence-electron chi connectivity index (χ1n) is 9.54. The quantitative estimate of drug-likeness (QED) is 0.703. The number of esters is 1. The van der Waals surface area contributed by atoms with Gasteiger partial charge in [-0.3, -0.25) is 14.5 Å². The van der Waals surface area contributed by atoms with Gasteiger partial charge in [0.1, 0.15) is 6.61 Å². The smallest absolute Gasteiger partial charge is 0.354 e. The van der Waals surface area contributed by atoms with Gasteiger partial charge in [0.25, 0.3) is 5.91 Å². The van der Waals surface area contributed by atoms with Gasteiger partial charge < -0.3 is 14.4 Å². The van der Waals surface area contributed by atoms with Crippen LogP contribution in [0.1, 0.15) is 28.8 Å². The van der Waals surface area contributed by atoms with Crippen LogP contribution in [0, 0.1) is 0 Å². The van der Waals surface area contributed by atoms with E-state index in [0.717, 1.165) is 5.56 Å². The minimum atomic E-state index is -1.49. The standard InChI is InChI=1S/C22H22N2O5/c1-28-14-13-23-20(26)17-9-5-6-10-18(17)24-19(25)11-12-22(23,24)21(27)29-15-16-7-3-2-4-8-16/h2-10H,11-15H2,1H3/t22-/m1/s1. The first-order chi connectivity index (χ1) is 14.1. The molecule has 4 rings (SSSR count). The number of hydrogen-bond acceptors (Lipinski definition) is 5. The second kappa shape index (κ2) is 7.67. The molecule has 29 heavy (non-hydrogen) atoms. The van der Waals surface area contributed by atoms with E-state index in [1.807, 2.05) is 30.3 Å². The lowest BCUT2D eigenvalue weighted by molar-refractivity contribution is -0.159. The van der Waals surface area contributed by atoms with Crippen LogP contribution in [-0.2, 0) is 25.7 Å². The van der Waals surface area contributed by atoms with Gasteiger partial charge in [0.2, 0.25) is 11.6 Å². The van der Waals surface area contributed by atoms with E-state index in [2.05, 4.69) is 0 Å². The minimum absolute atomic E-state index is 0.0669. The molecular weight excluding hydrogens is 372 g/mol. The molecule has 0 unspecified atom stereocenters. The molecule has 2 aromatic rings. The number of hydrogen-bond donors (Lipinski definition) is 0. The molecule has 2 aliphatic heterocycles. The Bertz CT molecular complexity index is 945. The fourth-order valence-electron chi connectivity index (χ4n) is 4.07. The number of fused-ring (bicyclic) bond motifs is 3. The predicted molar refractivity (Wildman–Crippen MR) is 105 cm³/mol. The number of benzene rings is 2. The Morgan fingerprint density at radius 1 is 1.07 bits per heavy atom. The number of nitrogens with zero attached hydrogens (tertiary/aromatic N) is 2. The largest absolute Gasteiger partial charge is 0.458 e. The summed E-state index contributed by atoms with van der Waals surface area (Å²) < 4.78 is 10.8. The average molecular weight is 394 g/mol. The minimum Gasteiger partial charge on any atom is -0.458 e. The Hall–Kier alpha value is -3.19. The van der Waals surface area contributed by atoms with Crippen molar-refractivity contribution >= 4 is 23.5 Å². The fourth-order valence-corrected chi connectivity index (χ4v) is 4.07. The van der Waals surface area contributed by atoms with E-state index in [0.29, 0.717) is 11.3 Å². The van der Waals surface area contributed by atoms with Crippen LogP contribution in [0.15, 0.2) is 54.6 Å². The maximum atomic E-state index is 13.4. The molecule has 1 fully saturated rings. The summed E-state index contributed by atoms with van der Waals surface area (Å²) in [7, 11) is 1.53. The van der Waals surface area contributed by atoms with Crippen LogP contribution in [0.3, 0.4) is 0 Å². The molecule has 150 valence electrons. The van der Waals surface area contributed by atoms with Crippen LogP contribution in [-0.4, -0.2) is 48.6 Å².